The SMILES string of the molecule is Cc1nc(N(C)C2CC2)ccc1S(=O)(=O)Cl. The second-order valence-electron chi connectivity index (χ2n) is 4.03. The molecular weight excluding hydrogens is 248 g/mol. The molecule has 0 bridgehead atoms. The van der Waals surface area contributed by atoms with Gasteiger partial charge in [0.2, 0.25) is 0 Å². The summed E-state index contributed by atoms with van der Waals surface area (Å²) in [6.45, 7) is 1.65. The Labute approximate surface area is 99.7 Å². The van der Waals surface area contributed by atoms with Gasteiger partial charge >= 0.3 is 0 Å². The maximum absolute atomic E-state index is 11.2. The van der Waals surface area contributed by atoms with E-state index in [1.54, 1.807) is 13.0 Å². The van der Waals surface area contributed by atoms with Crippen molar-refractivity contribution in [1.82, 2.24) is 4.98 Å². The number of nitrogens with zero attached hydrogens (tertiary/aromatic N) is 2. The predicted molar refractivity (Wildman–Crippen MR) is 63.4 cm³/mol. The van der Waals surface area contributed by atoms with Crippen LogP contribution >= 0.6 is 10.7 Å². The van der Waals surface area contributed by atoms with Crippen LogP contribution in [0.5, 0.6) is 0 Å². The Bertz CT molecular complexity index is 512. The molecule has 0 aromatic carbocycles. The fourth-order valence-electron chi connectivity index (χ4n) is 1.64. The molecule has 1 saturated carbocycles. The van der Waals surface area contributed by atoms with Crippen LogP contribution in [-0.2, 0) is 9.05 Å². The number of rotatable bonds is 3. The molecule has 0 unspecified atom stereocenters. The minimum absolute atomic E-state index is 0.0853. The van der Waals surface area contributed by atoms with E-state index >= 15 is 0 Å². The zero-order valence-corrected chi connectivity index (χ0v) is 10.7. The summed E-state index contributed by atoms with van der Waals surface area (Å²) < 4.78 is 22.4. The summed E-state index contributed by atoms with van der Waals surface area (Å²) in [7, 11) is 3.57. The standard InChI is InChI=1S/C10H13ClN2O2S/c1-7-9(16(11,14)15)5-6-10(12-7)13(2)8-3-4-8/h5-6,8H,3-4H2,1-2H3. The number of pyridine rings is 1. The van der Waals surface area contributed by atoms with E-state index < -0.39 is 9.05 Å². The van der Waals surface area contributed by atoms with Gasteiger partial charge in [-0.25, -0.2) is 13.4 Å². The van der Waals surface area contributed by atoms with Gasteiger partial charge in [0.15, 0.2) is 0 Å². The number of hydrogen-bond acceptors (Lipinski definition) is 4. The first kappa shape index (κ1) is 11.7. The number of anilines is 1. The van der Waals surface area contributed by atoms with Crippen LogP contribution in [0.25, 0.3) is 0 Å². The van der Waals surface area contributed by atoms with Crippen molar-refractivity contribution >= 4 is 25.6 Å². The molecule has 0 spiro atoms. The summed E-state index contributed by atoms with van der Waals surface area (Å²) in [5, 5.41) is 0. The van der Waals surface area contributed by atoms with Gasteiger partial charge in [0.05, 0.1) is 5.69 Å². The van der Waals surface area contributed by atoms with Crippen LogP contribution in [-0.4, -0.2) is 26.5 Å². The van der Waals surface area contributed by atoms with E-state index in [9.17, 15) is 8.42 Å². The fourth-order valence-corrected chi connectivity index (χ4v) is 2.76. The maximum Gasteiger partial charge on any atom is 0.263 e. The highest BCUT2D eigenvalue weighted by Crippen LogP contribution is 2.30. The molecule has 1 aromatic heterocycles. The third kappa shape index (κ3) is 2.30. The van der Waals surface area contributed by atoms with Crippen LogP contribution in [0.2, 0.25) is 0 Å². The van der Waals surface area contributed by atoms with Crippen LogP contribution in [0.15, 0.2) is 17.0 Å². The lowest BCUT2D eigenvalue weighted by atomic mass is 10.3. The average Bonchev–Trinajstić information content (AvgIpc) is 2.97. The fraction of sp³-hybridized carbons (Fsp3) is 0.500. The van der Waals surface area contributed by atoms with Crippen LogP contribution in [0.3, 0.4) is 0 Å². The molecule has 1 aliphatic carbocycles. The summed E-state index contributed by atoms with van der Waals surface area (Å²) in [5.41, 5.74) is 0.444. The van der Waals surface area contributed by atoms with Gasteiger partial charge in [0.1, 0.15) is 10.7 Å². The lowest BCUT2D eigenvalue weighted by Crippen LogP contribution is -2.21. The van der Waals surface area contributed by atoms with Gasteiger partial charge in [-0.2, -0.15) is 0 Å². The molecule has 0 N–H and O–H groups in total. The zero-order valence-electron chi connectivity index (χ0n) is 9.14. The molecule has 1 aliphatic rings. The van der Waals surface area contributed by atoms with E-state index in [4.69, 9.17) is 10.7 Å². The highest BCUT2D eigenvalue weighted by atomic mass is 35.7. The van der Waals surface area contributed by atoms with Crippen molar-refractivity contribution in [2.75, 3.05) is 11.9 Å². The van der Waals surface area contributed by atoms with Gasteiger partial charge in [0, 0.05) is 23.8 Å². The Balaban J connectivity index is 2.36. The van der Waals surface area contributed by atoms with Gasteiger partial charge in [-0.1, -0.05) is 0 Å². The van der Waals surface area contributed by atoms with Gasteiger partial charge in [-0.15, -0.1) is 0 Å². The Morgan fingerprint density at radius 1 is 1.44 bits per heavy atom. The van der Waals surface area contributed by atoms with E-state index in [1.807, 2.05) is 7.05 Å². The molecule has 4 nitrogen and oxygen atoms in total. The summed E-state index contributed by atoms with van der Waals surface area (Å²) in [6, 6.07) is 3.75. The van der Waals surface area contributed by atoms with Crippen molar-refractivity contribution in [2.24, 2.45) is 0 Å². The van der Waals surface area contributed by atoms with Crippen molar-refractivity contribution in [3.05, 3.63) is 17.8 Å². The van der Waals surface area contributed by atoms with Crippen molar-refractivity contribution in [1.29, 1.82) is 0 Å². The summed E-state index contributed by atoms with van der Waals surface area (Å²) >= 11 is 0. The van der Waals surface area contributed by atoms with Gasteiger partial charge in [0.25, 0.3) is 9.05 Å². The van der Waals surface area contributed by atoms with Crippen LogP contribution in [0.4, 0.5) is 5.82 Å². The molecule has 88 valence electrons. The lowest BCUT2D eigenvalue weighted by molar-refractivity contribution is 0.608. The molecule has 16 heavy (non-hydrogen) atoms. The normalized spacial score (nSPS) is 16.2. The lowest BCUT2D eigenvalue weighted by Gasteiger charge is -2.18. The van der Waals surface area contributed by atoms with E-state index in [0.29, 0.717) is 11.7 Å². The smallest absolute Gasteiger partial charge is 0.263 e. The largest absolute Gasteiger partial charge is 0.357 e. The Morgan fingerprint density at radius 3 is 2.50 bits per heavy atom. The molecule has 2 rings (SSSR count). The van der Waals surface area contributed by atoms with E-state index in [0.717, 1.165) is 5.82 Å². The van der Waals surface area contributed by atoms with E-state index in [-0.39, 0.29) is 4.90 Å². The monoisotopic (exact) mass is 260 g/mol. The van der Waals surface area contributed by atoms with E-state index in [1.165, 1.54) is 18.9 Å². The second kappa shape index (κ2) is 3.89. The second-order valence-corrected chi connectivity index (χ2v) is 6.57. The number of aryl methyl sites for hydroxylation is 1. The third-order valence-corrected chi connectivity index (χ3v) is 4.20. The molecular formula is C10H13ClN2O2S. The quantitative estimate of drug-likeness (QED) is 0.779. The molecule has 1 heterocycles. The summed E-state index contributed by atoms with van der Waals surface area (Å²) in [5.74, 6) is 0.795. The van der Waals surface area contributed by atoms with Crippen molar-refractivity contribution in [3.8, 4) is 0 Å². The minimum atomic E-state index is -3.69. The molecule has 0 amide bonds. The van der Waals surface area contributed by atoms with Crippen LogP contribution < -0.4 is 4.90 Å². The van der Waals surface area contributed by atoms with E-state index in [2.05, 4.69) is 9.88 Å². The Morgan fingerprint density at radius 2 is 2.06 bits per heavy atom. The molecule has 0 radical (unpaired) electrons. The molecule has 6 heteroatoms. The van der Waals surface area contributed by atoms with Crippen molar-refractivity contribution in [2.45, 2.75) is 30.7 Å². The Hall–Kier alpha value is -0.810. The molecule has 0 aliphatic heterocycles. The van der Waals surface area contributed by atoms with Crippen LogP contribution in [0.1, 0.15) is 18.5 Å². The molecule has 0 atom stereocenters. The number of halogens is 1. The average molecular weight is 261 g/mol. The predicted octanol–water partition coefficient (Wildman–Crippen LogP) is 1.92. The molecule has 1 fully saturated rings. The van der Waals surface area contributed by atoms with Crippen LogP contribution in [0, 0.1) is 6.92 Å². The first-order valence-electron chi connectivity index (χ1n) is 5.05. The minimum Gasteiger partial charge on any atom is -0.357 e. The summed E-state index contributed by atoms with van der Waals surface area (Å²) in [6.07, 6.45) is 2.35. The molecule has 0 saturated heterocycles. The van der Waals surface area contributed by atoms with Gasteiger partial charge in [-0.05, 0) is 31.9 Å². The maximum atomic E-state index is 11.2. The topological polar surface area (TPSA) is 50.3 Å². The zero-order chi connectivity index (χ0) is 11.9. The van der Waals surface area contributed by atoms with Gasteiger partial charge < -0.3 is 4.90 Å². The first-order valence-corrected chi connectivity index (χ1v) is 7.35. The number of aromatic nitrogens is 1. The molecule has 1 aromatic rings. The third-order valence-electron chi connectivity index (χ3n) is 2.74. The Kier molecular flexibility index (Phi) is 2.84. The number of hydrogen-bond donors (Lipinski definition) is 0. The highest BCUT2D eigenvalue weighted by Gasteiger charge is 2.27. The van der Waals surface area contributed by atoms with Gasteiger partial charge in [-0.3, -0.25) is 0 Å². The first-order chi connectivity index (χ1) is 7.39. The highest BCUT2D eigenvalue weighted by molar-refractivity contribution is 8.13. The summed E-state index contributed by atoms with van der Waals surface area (Å²) in [4.78, 5) is 6.42. The van der Waals surface area contributed by atoms with Crippen molar-refractivity contribution < 1.29 is 8.42 Å². The van der Waals surface area contributed by atoms with Crippen molar-refractivity contribution in [3.63, 3.8) is 0 Å².